The van der Waals surface area contributed by atoms with Gasteiger partial charge in [0.1, 0.15) is 0 Å². The minimum absolute atomic E-state index is 1.18. The summed E-state index contributed by atoms with van der Waals surface area (Å²) in [7, 11) is 6.04. The Bertz CT molecular complexity index is 186. The normalized spacial score (nSPS) is 9.90. The van der Waals surface area contributed by atoms with Gasteiger partial charge in [-0.3, -0.25) is 4.98 Å². The van der Waals surface area contributed by atoms with Crippen molar-refractivity contribution >= 4 is 12.9 Å². The summed E-state index contributed by atoms with van der Waals surface area (Å²) in [4.78, 5) is 5.92. The lowest BCUT2D eigenvalue weighted by molar-refractivity contribution is 0.669. The SMILES string of the molecule is CN(C)[B]c1ccncc1. The molecule has 0 aliphatic rings. The van der Waals surface area contributed by atoms with Gasteiger partial charge < -0.3 is 4.81 Å². The molecule has 51 valence electrons. The lowest BCUT2D eigenvalue weighted by Gasteiger charge is -2.05. The molecule has 0 aromatic carbocycles. The molecule has 0 amide bonds. The predicted octanol–water partition coefficient (Wildman–Crippen LogP) is -0.112. The fourth-order valence-corrected chi connectivity index (χ4v) is 0.748. The molecule has 10 heavy (non-hydrogen) atoms. The van der Waals surface area contributed by atoms with Crippen LogP contribution in [0.4, 0.5) is 0 Å². The van der Waals surface area contributed by atoms with Crippen molar-refractivity contribution in [3.63, 3.8) is 0 Å². The minimum Gasteiger partial charge on any atom is -0.348 e. The maximum atomic E-state index is 3.91. The van der Waals surface area contributed by atoms with E-state index in [4.69, 9.17) is 0 Å². The van der Waals surface area contributed by atoms with Gasteiger partial charge in [0.2, 0.25) is 7.41 Å². The molecule has 0 N–H and O–H groups in total. The van der Waals surface area contributed by atoms with Crippen LogP contribution in [0.3, 0.4) is 0 Å². The van der Waals surface area contributed by atoms with Crippen LogP contribution < -0.4 is 5.46 Å². The smallest absolute Gasteiger partial charge is 0.247 e. The minimum atomic E-state index is 1.18. The van der Waals surface area contributed by atoms with E-state index in [0.717, 1.165) is 0 Å². The van der Waals surface area contributed by atoms with Gasteiger partial charge in [-0.2, -0.15) is 0 Å². The van der Waals surface area contributed by atoms with Crippen LogP contribution >= 0.6 is 0 Å². The second-order valence-electron chi connectivity index (χ2n) is 2.37. The molecule has 0 aliphatic carbocycles. The van der Waals surface area contributed by atoms with Gasteiger partial charge in [-0.1, -0.05) is 5.46 Å². The average Bonchev–Trinajstić information content (AvgIpc) is 1.88. The molecule has 0 unspecified atom stereocenters. The summed E-state index contributed by atoms with van der Waals surface area (Å²) >= 11 is 0. The third-order valence-corrected chi connectivity index (χ3v) is 1.11. The first-order chi connectivity index (χ1) is 4.79. The van der Waals surface area contributed by atoms with Gasteiger partial charge >= 0.3 is 0 Å². The van der Waals surface area contributed by atoms with Gasteiger partial charge in [0.05, 0.1) is 0 Å². The molecule has 1 aromatic heterocycles. The quantitative estimate of drug-likeness (QED) is 0.523. The summed E-state index contributed by atoms with van der Waals surface area (Å²) in [6.07, 6.45) is 3.57. The van der Waals surface area contributed by atoms with Crippen molar-refractivity contribution in [3.05, 3.63) is 24.5 Å². The van der Waals surface area contributed by atoms with E-state index in [-0.39, 0.29) is 0 Å². The molecule has 0 saturated carbocycles. The molecule has 0 spiro atoms. The summed E-state index contributed by atoms with van der Waals surface area (Å²) in [6.45, 7) is 0. The third-order valence-electron chi connectivity index (χ3n) is 1.11. The third kappa shape index (κ3) is 2.19. The predicted molar refractivity (Wildman–Crippen MR) is 43.3 cm³/mol. The molecule has 1 aromatic rings. The van der Waals surface area contributed by atoms with Crippen molar-refractivity contribution in [3.8, 4) is 0 Å². The molecule has 1 heterocycles. The first kappa shape index (κ1) is 7.28. The van der Waals surface area contributed by atoms with Crippen molar-refractivity contribution < 1.29 is 0 Å². The fourth-order valence-electron chi connectivity index (χ4n) is 0.748. The van der Waals surface area contributed by atoms with Crippen molar-refractivity contribution in [2.24, 2.45) is 0 Å². The molecule has 0 atom stereocenters. The van der Waals surface area contributed by atoms with Crippen LogP contribution in [0, 0.1) is 0 Å². The van der Waals surface area contributed by atoms with Gasteiger partial charge in [-0.05, 0) is 26.2 Å². The van der Waals surface area contributed by atoms with Crippen LogP contribution in [0.15, 0.2) is 24.5 Å². The molecule has 0 saturated heterocycles. The Morgan fingerprint density at radius 1 is 1.30 bits per heavy atom. The fraction of sp³-hybridized carbons (Fsp3) is 0.286. The topological polar surface area (TPSA) is 16.1 Å². The highest BCUT2D eigenvalue weighted by atomic mass is 15.0. The molecular weight excluding hydrogens is 123 g/mol. The maximum Gasteiger partial charge on any atom is 0.247 e. The van der Waals surface area contributed by atoms with E-state index in [1.54, 1.807) is 12.4 Å². The van der Waals surface area contributed by atoms with Gasteiger partial charge in [0, 0.05) is 12.4 Å². The Morgan fingerprint density at radius 2 is 1.90 bits per heavy atom. The van der Waals surface area contributed by atoms with Gasteiger partial charge in [-0.15, -0.1) is 0 Å². The monoisotopic (exact) mass is 133 g/mol. The molecule has 2 nitrogen and oxygen atoms in total. The van der Waals surface area contributed by atoms with Crippen LogP contribution in [0.2, 0.25) is 0 Å². The first-order valence-electron chi connectivity index (χ1n) is 3.20. The number of hydrogen-bond acceptors (Lipinski definition) is 2. The summed E-state index contributed by atoms with van der Waals surface area (Å²) < 4.78 is 0. The van der Waals surface area contributed by atoms with E-state index >= 15 is 0 Å². The lowest BCUT2D eigenvalue weighted by Crippen LogP contribution is -2.28. The number of pyridine rings is 1. The van der Waals surface area contributed by atoms with Gasteiger partial charge in [-0.25, -0.2) is 0 Å². The van der Waals surface area contributed by atoms with E-state index in [9.17, 15) is 0 Å². The van der Waals surface area contributed by atoms with Crippen molar-refractivity contribution in [2.45, 2.75) is 0 Å². The summed E-state index contributed by atoms with van der Waals surface area (Å²) in [5.41, 5.74) is 1.18. The van der Waals surface area contributed by atoms with Crippen molar-refractivity contribution in [2.75, 3.05) is 14.1 Å². The summed E-state index contributed by atoms with van der Waals surface area (Å²) in [6, 6.07) is 3.94. The molecule has 3 heteroatoms. The number of nitrogens with zero attached hydrogens (tertiary/aromatic N) is 2. The molecule has 0 aliphatic heterocycles. The highest BCUT2D eigenvalue weighted by molar-refractivity contribution is 6.50. The van der Waals surface area contributed by atoms with Crippen LogP contribution in [-0.4, -0.2) is 31.3 Å². The second-order valence-corrected chi connectivity index (χ2v) is 2.37. The molecular formula is C7H10BN2. The molecule has 1 radical (unpaired) electrons. The Morgan fingerprint density at radius 3 is 2.40 bits per heavy atom. The number of rotatable bonds is 2. The Labute approximate surface area is 62.2 Å². The van der Waals surface area contributed by atoms with E-state index in [0.29, 0.717) is 0 Å². The number of aromatic nitrogens is 1. The zero-order chi connectivity index (χ0) is 7.40. The Kier molecular flexibility index (Phi) is 2.45. The summed E-state index contributed by atoms with van der Waals surface area (Å²) in [5, 5.41) is 0. The highest BCUT2D eigenvalue weighted by Gasteiger charge is 1.95. The van der Waals surface area contributed by atoms with E-state index < -0.39 is 0 Å². The van der Waals surface area contributed by atoms with Crippen LogP contribution in [0.25, 0.3) is 0 Å². The lowest BCUT2D eigenvalue weighted by atomic mass is 9.82. The van der Waals surface area contributed by atoms with E-state index in [1.165, 1.54) is 5.46 Å². The van der Waals surface area contributed by atoms with Crippen molar-refractivity contribution in [1.29, 1.82) is 0 Å². The van der Waals surface area contributed by atoms with Gasteiger partial charge in [0.25, 0.3) is 0 Å². The second kappa shape index (κ2) is 3.37. The Hall–Kier alpha value is -0.825. The highest BCUT2D eigenvalue weighted by Crippen LogP contribution is 1.77. The van der Waals surface area contributed by atoms with Crippen LogP contribution in [-0.2, 0) is 0 Å². The first-order valence-corrected chi connectivity index (χ1v) is 3.20. The number of hydrogen-bond donors (Lipinski definition) is 0. The standard InChI is InChI=1S/C7H10BN2/c1-10(2)8-7-3-5-9-6-4-7/h3-6H,1-2H3. The zero-order valence-electron chi connectivity index (χ0n) is 6.28. The van der Waals surface area contributed by atoms with Crippen LogP contribution in [0.1, 0.15) is 0 Å². The van der Waals surface area contributed by atoms with Gasteiger partial charge in [0.15, 0.2) is 0 Å². The Balaban J connectivity index is 2.59. The molecule has 0 fully saturated rings. The maximum absolute atomic E-state index is 3.91. The van der Waals surface area contributed by atoms with Crippen molar-refractivity contribution in [1.82, 2.24) is 9.79 Å². The average molecular weight is 133 g/mol. The van der Waals surface area contributed by atoms with Crippen LogP contribution in [0.5, 0.6) is 0 Å². The summed E-state index contributed by atoms with van der Waals surface area (Å²) in [5.74, 6) is 0. The van der Waals surface area contributed by atoms with E-state index in [2.05, 4.69) is 4.98 Å². The molecule has 0 bridgehead atoms. The molecule has 1 rings (SSSR count). The zero-order valence-corrected chi connectivity index (χ0v) is 6.28. The van der Waals surface area contributed by atoms with E-state index in [1.807, 2.05) is 38.5 Å². The largest absolute Gasteiger partial charge is 0.348 e.